The van der Waals surface area contributed by atoms with Crippen molar-refractivity contribution in [3.05, 3.63) is 72.7 Å². The average Bonchev–Trinajstić information content (AvgIpc) is 3.21. The van der Waals surface area contributed by atoms with Crippen LogP contribution >= 0.6 is 0 Å². The van der Waals surface area contributed by atoms with E-state index in [0.717, 1.165) is 5.65 Å². The fourth-order valence-electron chi connectivity index (χ4n) is 3.14. The van der Waals surface area contributed by atoms with Crippen molar-refractivity contribution in [3.8, 4) is 0 Å². The minimum Gasteiger partial charge on any atom is -0.306 e. The molecule has 0 aliphatic rings. The highest BCUT2D eigenvalue weighted by Gasteiger charge is 2.17. The summed E-state index contributed by atoms with van der Waals surface area (Å²) >= 11 is 0. The Hall–Kier alpha value is -2.62. The van der Waals surface area contributed by atoms with Crippen molar-refractivity contribution in [2.45, 2.75) is 52.4 Å². The molecule has 0 radical (unpaired) electrons. The minimum atomic E-state index is 0.167. The molecule has 0 fully saturated rings. The second kappa shape index (κ2) is 6.60. The third-order valence-corrected chi connectivity index (χ3v) is 4.46. The van der Waals surface area contributed by atoms with Crippen LogP contribution in [0.25, 0.3) is 11.2 Å². The zero-order valence-corrected chi connectivity index (χ0v) is 16.6. The molecule has 0 aliphatic heterocycles. The molecule has 26 heavy (non-hydrogen) atoms. The monoisotopic (exact) mass is 348 g/mol. The van der Waals surface area contributed by atoms with Crippen LogP contribution in [-0.4, -0.2) is 18.8 Å². The van der Waals surface area contributed by atoms with Crippen LogP contribution in [0.15, 0.2) is 61.4 Å². The molecule has 0 bridgehead atoms. The molecule has 4 nitrogen and oxygen atoms in total. The minimum absolute atomic E-state index is 0.167. The van der Waals surface area contributed by atoms with E-state index in [4.69, 9.17) is 0 Å². The predicted octanol–water partition coefficient (Wildman–Crippen LogP) is 5.26. The predicted molar refractivity (Wildman–Crippen MR) is 108 cm³/mol. The summed E-state index contributed by atoms with van der Waals surface area (Å²) in [6.07, 6.45) is 9.63. The van der Waals surface area contributed by atoms with E-state index in [0.29, 0.717) is 0 Å². The van der Waals surface area contributed by atoms with Gasteiger partial charge in [0.25, 0.3) is 0 Å². The van der Waals surface area contributed by atoms with Crippen molar-refractivity contribution in [2.75, 3.05) is 0 Å². The quantitative estimate of drug-likeness (QED) is 0.434. The fraction of sp³-hybridized carbons (Fsp3) is 0.364. The molecular weight excluding hydrogens is 320 g/mol. The van der Waals surface area contributed by atoms with E-state index in [2.05, 4.69) is 84.6 Å². The lowest BCUT2D eigenvalue weighted by molar-refractivity contribution is 0.561. The van der Waals surface area contributed by atoms with Gasteiger partial charge in [0.15, 0.2) is 0 Å². The summed E-state index contributed by atoms with van der Waals surface area (Å²) in [5.41, 5.74) is 5.21. The Morgan fingerprint density at radius 2 is 1.62 bits per heavy atom. The van der Waals surface area contributed by atoms with Crippen molar-refractivity contribution in [1.82, 2.24) is 18.8 Å². The number of rotatable bonds is 0. The second-order valence-corrected chi connectivity index (χ2v) is 8.67. The molecule has 0 unspecified atom stereocenters. The molecule has 0 aliphatic carbocycles. The lowest BCUT2D eigenvalue weighted by atomic mass is 9.87. The molecule has 4 rings (SSSR count). The van der Waals surface area contributed by atoms with Crippen LogP contribution < -0.4 is 0 Å². The van der Waals surface area contributed by atoms with Crippen LogP contribution in [-0.2, 0) is 10.8 Å². The van der Waals surface area contributed by atoms with Crippen LogP contribution in [0, 0.1) is 0 Å². The van der Waals surface area contributed by atoms with E-state index in [-0.39, 0.29) is 10.8 Å². The summed E-state index contributed by atoms with van der Waals surface area (Å²) in [6, 6.07) is 10.5. The van der Waals surface area contributed by atoms with E-state index < -0.39 is 0 Å². The Kier molecular flexibility index (Phi) is 4.61. The zero-order valence-electron chi connectivity index (χ0n) is 16.6. The van der Waals surface area contributed by atoms with Crippen LogP contribution in [0.5, 0.6) is 0 Å². The average molecular weight is 348 g/mol. The van der Waals surface area contributed by atoms with Gasteiger partial charge in [0.05, 0.1) is 18.0 Å². The first-order valence-corrected chi connectivity index (χ1v) is 9.01. The van der Waals surface area contributed by atoms with E-state index in [1.54, 1.807) is 0 Å². The maximum absolute atomic E-state index is 4.26. The van der Waals surface area contributed by atoms with Gasteiger partial charge in [-0.05, 0) is 29.2 Å². The van der Waals surface area contributed by atoms with Gasteiger partial charge in [0.1, 0.15) is 5.65 Å². The van der Waals surface area contributed by atoms with Crippen molar-refractivity contribution >= 4 is 11.2 Å². The van der Waals surface area contributed by atoms with Crippen molar-refractivity contribution in [2.24, 2.45) is 0 Å². The zero-order chi connectivity index (χ0) is 18.9. The SMILES string of the molecule is CC(C)(C)c1cccc2nccn12.CC(C)(C)c1cccn2cncc12. The number of fused-ring (bicyclic) bond motifs is 2. The highest BCUT2D eigenvalue weighted by atomic mass is 15.0. The van der Waals surface area contributed by atoms with E-state index in [1.807, 2.05) is 37.2 Å². The van der Waals surface area contributed by atoms with Gasteiger partial charge in [-0.15, -0.1) is 0 Å². The van der Waals surface area contributed by atoms with Gasteiger partial charge in [0.2, 0.25) is 0 Å². The first-order valence-electron chi connectivity index (χ1n) is 9.01. The van der Waals surface area contributed by atoms with E-state index in [1.165, 1.54) is 16.8 Å². The third-order valence-electron chi connectivity index (χ3n) is 4.46. The van der Waals surface area contributed by atoms with Crippen LogP contribution in [0.1, 0.15) is 52.8 Å². The molecule has 4 heterocycles. The highest BCUT2D eigenvalue weighted by molar-refractivity contribution is 5.55. The maximum Gasteiger partial charge on any atom is 0.136 e. The van der Waals surface area contributed by atoms with Gasteiger partial charge in [-0.2, -0.15) is 0 Å². The molecular formula is C22H28N4. The lowest BCUT2D eigenvalue weighted by Gasteiger charge is -2.20. The van der Waals surface area contributed by atoms with E-state index >= 15 is 0 Å². The first kappa shape index (κ1) is 18.2. The molecule has 136 valence electrons. The van der Waals surface area contributed by atoms with E-state index in [9.17, 15) is 0 Å². The normalized spacial score (nSPS) is 12.2. The maximum atomic E-state index is 4.26. The molecule has 4 aromatic rings. The van der Waals surface area contributed by atoms with Crippen molar-refractivity contribution in [3.63, 3.8) is 0 Å². The number of aromatic nitrogens is 4. The van der Waals surface area contributed by atoms with Crippen molar-refractivity contribution < 1.29 is 0 Å². The fourth-order valence-corrected chi connectivity index (χ4v) is 3.14. The summed E-state index contributed by atoms with van der Waals surface area (Å²) in [5.74, 6) is 0. The van der Waals surface area contributed by atoms with Gasteiger partial charge in [0, 0.05) is 29.7 Å². The van der Waals surface area contributed by atoms with Crippen LogP contribution in [0.4, 0.5) is 0 Å². The molecule has 4 heteroatoms. The highest BCUT2D eigenvalue weighted by Crippen LogP contribution is 2.26. The standard InChI is InChI=1S/2C11H14N2/c1-11(2,3)9-5-4-6-13-8-12-7-10(9)13;1-11(2,3)9-5-4-6-10-12-7-8-13(9)10/h2*4-8H,1-3H3. The van der Waals surface area contributed by atoms with Gasteiger partial charge in [-0.25, -0.2) is 9.97 Å². The molecule has 0 amide bonds. The van der Waals surface area contributed by atoms with Gasteiger partial charge in [-0.3, -0.25) is 0 Å². The largest absolute Gasteiger partial charge is 0.306 e. The summed E-state index contributed by atoms with van der Waals surface area (Å²) in [7, 11) is 0. The first-order chi connectivity index (χ1) is 12.2. The summed E-state index contributed by atoms with van der Waals surface area (Å²) in [5, 5.41) is 0. The van der Waals surface area contributed by atoms with Crippen LogP contribution in [0.3, 0.4) is 0 Å². The summed E-state index contributed by atoms with van der Waals surface area (Å²) in [6.45, 7) is 13.3. The Bertz CT molecular complexity index is 926. The second-order valence-electron chi connectivity index (χ2n) is 8.67. The third kappa shape index (κ3) is 3.64. The molecule has 0 N–H and O–H groups in total. The Balaban J connectivity index is 0.000000151. The number of imidazole rings is 2. The Labute approximate surface area is 155 Å². The Morgan fingerprint density at radius 1 is 0.846 bits per heavy atom. The van der Waals surface area contributed by atoms with Gasteiger partial charge >= 0.3 is 0 Å². The van der Waals surface area contributed by atoms with Crippen LogP contribution in [0.2, 0.25) is 0 Å². The summed E-state index contributed by atoms with van der Waals surface area (Å²) in [4.78, 5) is 8.39. The van der Waals surface area contributed by atoms with Gasteiger partial charge < -0.3 is 8.80 Å². The van der Waals surface area contributed by atoms with Gasteiger partial charge in [-0.1, -0.05) is 53.7 Å². The smallest absolute Gasteiger partial charge is 0.136 e. The number of hydrogen-bond acceptors (Lipinski definition) is 2. The number of nitrogens with zero attached hydrogens (tertiary/aromatic N) is 4. The number of hydrogen-bond donors (Lipinski definition) is 0. The number of pyridine rings is 2. The lowest BCUT2D eigenvalue weighted by Crippen LogP contribution is -2.15. The Morgan fingerprint density at radius 3 is 2.31 bits per heavy atom. The molecule has 4 aromatic heterocycles. The molecule has 0 saturated carbocycles. The van der Waals surface area contributed by atoms with Crippen molar-refractivity contribution in [1.29, 1.82) is 0 Å². The summed E-state index contributed by atoms with van der Waals surface area (Å²) < 4.78 is 4.20. The molecule has 0 saturated heterocycles. The molecule has 0 atom stereocenters. The molecule has 0 spiro atoms. The molecule has 0 aromatic carbocycles. The topological polar surface area (TPSA) is 34.6 Å².